The Balaban J connectivity index is 1.54. The molecule has 5 nitrogen and oxygen atoms in total. The lowest BCUT2D eigenvalue weighted by atomic mass is 10.1. The summed E-state index contributed by atoms with van der Waals surface area (Å²) >= 11 is 0. The molecule has 5 heteroatoms. The van der Waals surface area contributed by atoms with Gasteiger partial charge in [0.2, 0.25) is 0 Å². The highest BCUT2D eigenvalue weighted by Gasteiger charge is 2.33. The van der Waals surface area contributed by atoms with Crippen LogP contribution in [-0.4, -0.2) is 78.8 Å². The van der Waals surface area contributed by atoms with Crippen molar-refractivity contribution < 1.29 is 9.53 Å². The summed E-state index contributed by atoms with van der Waals surface area (Å²) in [4.78, 5) is 19.2. The van der Waals surface area contributed by atoms with Gasteiger partial charge in [-0.05, 0) is 25.8 Å². The molecule has 2 fully saturated rings. The first-order chi connectivity index (χ1) is 11.6. The van der Waals surface area contributed by atoms with Crippen LogP contribution in [0.5, 0.6) is 0 Å². The molecule has 2 atom stereocenters. The van der Waals surface area contributed by atoms with Crippen molar-refractivity contribution in [3.8, 4) is 0 Å². The standard InChI is InChI=1S/C19H29N3O2/c1-16-14-21(19(23)20-10-12-24-13-11-20)15-17(2)22(16)9-8-18-6-4-3-5-7-18/h3-7,16-17H,8-15H2,1-2H3. The van der Waals surface area contributed by atoms with Crippen LogP contribution in [0.2, 0.25) is 0 Å². The molecule has 1 aromatic carbocycles. The van der Waals surface area contributed by atoms with Gasteiger partial charge in [-0.3, -0.25) is 4.90 Å². The Hall–Kier alpha value is -1.59. The van der Waals surface area contributed by atoms with E-state index >= 15 is 0 Å². The monoisotopic (exact) mass is 331 g/mol. The molecular weight excluding hydrogens is 302 g/mol. The Morgan fingerprint density at radius 1 is 1.04 bits per heavy atom. The molecular formula is C19H29N3O2. The molecule has 0 spiro atoms. The second-order valence-electron chi connectivity index (χ2n) is 6.96. The van der Waals surface area contributed by atoms with Crippen LogP contribution in [0.4, 0.5) is 4.79 Å². The van der Waals surface area contributed by atoms with Crippen LogP contribution >= 0.6 is 0 Å². The summed E-state index contributed by atoms with van der Waals surface area (Å²) in [5.41, 5.74) is 1.38. The smallest absolute Gasteiger partial charge is 0.320 e. The lowest BCUT2D eigenvalue weighted by Crippen LogP contribution is -2.61. The van der Waals surface area contributed by atoms with Gasteiger partial charge < -0.3 is 14.5 Å². The van der Waals surface area contributed by atoms with Crippen LogP contribution in [0.15, 0.2) is 30.3 Å². The average Bonchev–Trinajstić information content (AvgIpc) is 2.62. The number of rotatable bonds is 3. The number of amides is 2. The molecule has 0 aliphatic carbocycles. The van der Waals surface area contributed by atoms with Gasteiger partial charge in [-0.15, -0.1) is 0 Å². The van der Waals surface area contributed by atoms with E-state index in [-0.39, 0.29) is 6.03 Å². The van der Waals surface area contributed by atoms with Crippen LogP contribution in [0, 0.1) is 0 Å². The maximum atomic E-state index is 12.7. The van der Waals surface area contributed by atoms with E-state index in [9.17, 15) is 4.79 Å². The highest BCUT2D eigenvalue weighted by molar-refractivity contribution is 5.74. The highest BCUT2D eigenvalue weighted by Crippen LogP contribution is 2.18. The summed E-state index contributed by atoms with van der Waals surface area (Å²) in [6.45, 7) is 9.91. The first kappa shape index (κ1) is 17.2. The fourth-order valence-electron chi connectivity index (χ4n) is 3.81. The number of hydrogen-bond donors (Lipinski definition) is 0. The van der Waals surface area contributed by atoms with Crippen LogP contribution in [0.25, 0.3) is 0 Å². The molecule has 2 unspecified atom stereocenters. The molecule has 2 amide bonds. The van der Waals surface area contributed by atoms with Gasteiger partial charge in [-0.1, -0.05) is 30.3 Å². The molecule has 24 heavy (non-hydrogen) atoms. The molecule has 0 radical (unpaired) electrons. The van der Waals surface area contributed by atoms with Crippen molar-refractivity contribution >= 4 is 6.03 Å². The summed E-state index contributed by atoms with van der Waals surface area (Å²) in [7, 11) is 0. The minimum absolute atomic E-state index is 0.180. The maximum absolute atomic E-state index is 12.7. The molecule has 2 saturated heterocycles. The van der Waals surface area contributed by atoms with Crippen molar-refractivity contribution in [3.63, 3.8) is 0 Å². The first-order valence-corrected chi connectivity index (χ1v) is 9.06. The van der Waals surface area contributed by atoms with Gasteiger partial charge in [0.1, 0.15) is 0 Å². The number of ether oxygens (including phenoxy) is 1. The molecule has 1 aromatic rings. The molecule has 3 rings (SSSR count). The van der Waals surface area contributed by atoms with Crippen molar-refractivity contribution in [2.75, 3.05) is 45.9 Å². The zero-order valence-corrected chi connectivity index (χ0v) is 14.9. The fraction of sp³-hybridized carbons (Fsp3) is 0.632. The van der Waals surface area contributed by atoms with E-state index in [2.05, 4.69) is 49.1 Å². The molecule has 132 valence electrons. The van der Waals surface area contributed by atoms with E-state index in [0.717, 1.165) is 39.1 Å². The molecule has 2 aliphatic heterocycles. The molecule has 0 bridgehead atoms. The van der Waals surface area contributed by atoms with Crippen molar-refractivity contribution in [1.82, 2.24) is 14.7 Å². The van der Waals surface area contributed by atoms with Crippen LogP contribution < -0.4 is 0 Å². The maximum Gasteiger partial charge on any atom is 0.320 e. The second kappa shape index (κ2) is 7.99. The normalized spacial score (nSPS) is 25.8. The minimum Gasteiger partial charge on any atom is -0.378 e. The van der Waals surface area contributed by atoms with Gasteiger partial charge in [0.25, 0.3) is 0 Å². The number of carbonyl (C=O) groups is 1. The van der Waals surface area contributed by atoms with E-state index in [1.165, 1.54) is 5.56 Å². The largest absolute Gasteiger partial charge is 0.378 e. The van der Waals surface area contributed by atoms with E-state index in [0.29, 0.717) is 25.3 Å². The molecule has 0 N–H and O–H groups in total. The number of piperazine rings is 1. The third-order valence-electron chi connectivity index (χ3n) is 5.16. The van der Waals surface area contributed by atoms with E-state index in [1.54, 1.807) is 0 Å². The Kier molecular flexibility index (Phi) is 5.74. The van der Waals surface area contributed by atoms with Gasteiger partial charge in [0.15, 0.2) is 0 Å². The van der Waals surface area contributed by atoms with Crippen molar-refractivity contribution in [1.29, 1.82) is 0 Å². The first-order valence-electron chi connectivity index (χ1n) is 9.06. The SMILES string of the molecule is CC1CN(C(=O)N2CCOCC2)CC(C)N1CCc1ccccc1. The Morgan fingerprint density at radius 2 is 1.67 bits per heavy atom. The Bertz CT molecular complexity index is 519. The number of hydrogen-bond acceptors (Lipinski definition) is 3. The molecule has 2 heterocycles. The summed E-state index contributed by atoms with van der Waals surface area (Å²) in [6, 6.07) is 11.6. The minimum atomic E-state index is 0.180. The summed E-state index contributed by atoms with van der Waals surface area (Å²) < 4.78 is 5.35. The quantitative estimate of drug-likeness (QED) is 0.851. The fourth-order valence-corrected chi connectivity index (χ4v) is 3.81. The lowest BCUT2D eigenvalue weighted by Gasteiger charge is -2.46. The highest BCUT2D eigenvalue weighted by atomic mass is 16.5. The molecule has 0 saturated carbocycles. The van der Waals surface area contributed by atoms with Gasteiger partial charge in [-0.2, -0.15) is 0 Å². The van der Waals surface area contributed by atoms with Gasteiger partial charge in [-0.25, -0.2) is 4.79 Å². The lowest BCUT2D eigenvalue weighted by molar-refractivity contribution is 0.0192. The van der Waals surface area contributed by atoms with E-state index < -0.39 is 0 Å². The number of morpholine rings is 1. The number of nitrogens with zero attached hydrogens (tertiary/aromatic N) is 3. The van der Waals surface area contributed by atoms with Crippen molar-refractivity contribution in [3.05, 3.63) is 35.9 Å². The number of urea groups is 1. The predicted octanol–water partition coefficient (Wildman–Crippen LogP) is 2.08. The van der Waals surface area contributed by atoms with Crippen LogP contribution in [0.3, 0.4) is 0 Å². The zero-order valence-electron chi connectivity index (χ0n) is 14.9. The Morgan fingerprint density at radius 3 is 2.29 bits per heavy atom. The van der Waals surface area contributed by atoms with E-state index in [1.807, 2.05) is 9.80 Å². The third kappa shape index (κ3) is 4.08. The van der Waals surface area contributed by atoms with Crippen LogP contribution in [0.1, 0.15) is 19.4 Å². The topological polar surface area (TPSA) is 36.0 Å². The van der Waals surface area contributed by atoms with E-state index in [4.69, 9.17) is 4.74 Å². The predicted molar refractivity (Wildman–Crippen MR) is 95.1 cm³/mol. The molecule has 0 aromatic heterocycles. The number of carbonyl (C=O) groups excluding carboxylic acids is 1. The van der Waals surface area contributed by atoms with Gasteiger partial charge in [0.05, 0.1) is 13.2 Å². The summed E-state index contributed by atoms with van der Waals surface area (Å²) in [5, 5.41) is 0. The third-order valence-corrected chi connectivity index (χ3v) is 5.16. The van der Waals surface area contributed by atoms with Crippen LogP contribution in [-0.2, 0) is 11.2 Å². The van der Waals surface area contributed by atoms with Crippen molar-refractivity contribution in [2.24, 2.45) is 0 Å². The Labute approximate surface area is 145 Å². The van der Waals surface area contributed by atoms with Gasteiger partial charge in [0, 0.05) is 44.8 Å². The van der Waals surface area contributed by atoms with Crippen molar-refractivity contribution in [2.45, 2.75) is 32.4 Å². The van der Waals surface area contributed by atoms with Gasteiger partial charge >= 0.3 is 6.03 Å². The average molecular weight is 331 g/mol. The molecule has 2 aliphatic rings. The second-order valence-corrected chi connectivity index (χ2v) is 6.96. The zero-order chi connectivity index (χ0) is 16.9. The number of benzene rings is 1. The summed E-state index contributed by atoms with van der Waals surface area (Å²) in [6.07, 6.45) is 1.06. The summed E-state index contributed by atoms with van der Waals surface area (Å²) in [5.74, 6) is 0.